The fourth-order valence-corrected chi connectivity index (χ4v) is 4.87. The van der Waals surface area contributed by atoms with Gasteiger partial charge in [0, 0.05) is 0 Å². The monoisotopic (exact) mass is 300 g/mol. The summed E-state index contributed by atoms with van der Waals surface area (Å²) in [5.74, 6) is 0.00949. The Morgan fingerprint density at radius 3 is 2.25 bits per heavy atom. The molecule has 6 heteroatoms. The fourth-order valence-electron chi connectivity index (χ4n) is 2.46. The third-order valence-corrected chi connectivity index (χ3v) is 7.19. The van der Waals surface area contributed by atoms with Gasteiger partial charge in [-0.25, -0.2) is 8.42 Å². The molecular formula is C10H11Cl3O2S. The van der Waals surface area contributed by atoms with Gasteiger partial charge in [-0.1, -0.05) is 59.1 Å². The molecule has 0 N–H and O–H groups in total. The minimum atomic E-state index is -3.83. The van der Waals surface area contributed by atoms with Crippen molar-refractivity contribution in [3.05, 3.63) is 24.3 Å². The first kappa shape index (κ1) is 12.7. The lowest BCUT2D eigenvalue weighted by Gasteiger charge is -2.40. The van der Waals surface area contributed by atoms with Crippen LogP contribution < -0.4 is 0 Å². The molecule has 3 aliphatic rings. The summed E-state index contributed by atoms with van der Waals surface area (Å²) >= 11 is 16.6. The zero-order valence-corrected chi connectivity index (χ0v) is 11.5. The van der Waals surface area contributed by atoms with Crippen molar-refractivity contribution in [2.75, 3.05) is 0 Å². The van der Waals surface area contributed by atoms with Crippen LogP contribution in [0.5, 0.6) is 0 Å². The van der Waals surface area contributed by atoms with E-state index in [-0.39, 0.29) is 11.8 Å². The van der Waals surface area contributed by atoms with Crippen LogP contribution in [0.4, 0.5) is 0 Å². The Hall–Kier alpha value is 0.300. The first-order valence-electron chi connectivity index (χ1n) is 4.92. The summed E-state index contributed by atoms with van der Waals surface area (Å²) in [6.07, 6.45) is 5.65. The van der Waals surface area contributed by atoms with Crippen LogP contribution in [0.2, 0.25) is 0 Å². The van der Waals surface area contributed by atoms with Crippen molar-refractivity contribution in [3.63, 3.8) is 0 Å². The van der Waals surface area contributed by atoms with Gasteiger partial charge in [-0.15, -0.1) is 0 Å². The number of halogens is 3. The standard InChI is InChI=1S/C10H11Cl3O2S/c1-6-7-2-4-8(5-3-7)9(6)16(14,15)10(11,12)13/h2,4,7-9H,1,3,5H2/t7-,8+,9?/m0/s1. The van der Waals surface area contributed by atoms with E-state index in [1.54, 1.807) is 0 Å². The molecule has 1 saturated carbocycles. The van der Waals surface area contributed by atoms with E-state index >= 15 is 0 Å². The summed E-state index contributed by atoms with van der Waals surface area (Å²) < 4.78 is 22.0. The summed E-state index contributed by atoms with van der Waals surface area (Å²) in [7, 11) is -3.83. The van der Waals surface area contributed by atoms with Crippen LogP contribution in [-0.2, 0) is 9.84 Å². The van der Waals surface area contributed by atoms with Crippen molar-refractivity contribution in [2.45, 2.75) is 21.2 Å². The largest absolute Gasteiger partial charge is 0.293 e. The van der Waals surface area contributed by atoms with Gasteiger partial charge >= 0.3 is 0 Å². The minimum Gasteiger partial charge on any atom is -0.224 e. The molecule has 0 aromatic heterocycles. The molecule has 90 valence electrons. The highest BCUT2D eigenvalue weighted by Gasteiger charge is 2.51. The maximum atomic E-state index is 12.1. The molecule has 0 aromatic carbocycles. The van der Waals surface area contributed by atoms with Crippen LogP contribution in [0.25, 0.3) is 0 Å². The van der Waals surface area contributed by atoms with Gasteiger partial charge in [0.25, 0.3) is 3.12 Å². The second kappa shape index (κ2) is 3.91. The van der Waals surface area contributed by atoms with Crippen LogP contribution in [0.1, 0.15) is 12.8 Å². The Morgan fingerprint density at radius 2 is 1.88 bits per heavy atom. The predicted molar refractivity (Wildman–Crippen MR) is 67.5 cm³/mol. The van der Waals surface area contributed by atoms with Crippen molar-refractivity contribution < 1.29 is 8.42 Å². The van der Waals surface area contributed by atoms with Gasteiger partial charge in [-0.3, -0.25) is 0 Å². The van der Waals surface area contributed by atoms with Gasteiger partial charge in [0.2, 0.25) is 9.84 Å². The topological polar surface area (TPSA) is 34.1 Å². The summed E-state index contributed by atoms with van der Waals surface area (Å²) in [5.41, 5.74) is 0.657. The van der Waals surface area contributed by atoms with E-state index in [2.05, 4.69) is 6.58 Å². The number of alkyl halides is 3. The molecule has 0 saturated heterocycles. The number of fused-ring (bicyclic) bond motifs is 2. The third kappa shape index (κ3) is 1.82. The van der Waals surface area contributed by atoms with Gasteiger partial charge in [0.15, 0.2) is 0 Å². The minimum absolute atomic E-state index is 0.0990. The number of rotatable bonds is 1. The van der Waals surface area contributed by atoms with Gasteiger partial charge in [0.1, 0.15) is 0 Å². The quantitative estimate of drug-likeness (QED) is 0.550. The normalized spacial score (nSPS) is 34.4. The Morgan fingerprint density at radius 1 is 1.25 bits per heavy atom. The smallest absolute Gasteiger partial charge is 0.224 e. The molecule has 3 rings (SSSR count). The Kier molecular flexibility index (Phi) is 3.11. The van der Waals surface area contributed by atoms with Crippen LogP contribution in [-0.4, -0.2) is 16.8 Å². The van der Waals surface area contributed by atoms with E-state index in [0.717, 1.165) is 12.8 Å². The van der Waals surface area contributed by atoms with E-state index in [0.29, 0.717) is 5.57 Å². The molecule has 2 nitrogen and oxygen atoms in total. The van der Waals surface area contributed by atoms with Crippen LogP contribution in [0.3, 0.4) is 0 Å². The highest BCUT2D eigenvalue weighted by molar-refractivity contribution is 7.98. The van der Waals surface area contributed by atoms with Crippen molar-refractivity contribution >= 4 is 44.6 Å². The van der Waals surface area contributed by atoms with Gasteiger partial charge in [-0.2, -0.15) is 0 Å². The molecule has 0 heterocycles. The Balaban J connectivity index is 2.44. The van der Waals surface area contributed by atoms with E-state index in [1.807, 2.05) is 12.2 Å². The number of hydrogen-bond acceptors (Lipinski definition) is 2. The van der Waals surface area contributed by atoms with Gasteiger partial charge in [-0.05, 0) is 24.7 Å². The van der Waals surface area contributed by atoms with E-state index < -0.39 is 18.2 Å². The van der Waals surface area contributed by atoms with Crippen molar-refractivity contribution in [1.82, 2.24) is 0 Å². The van der Waals surface area contributed by atoms with E-state index in [4.69, 9.17) is 34.8 Å². The molecular weight excluding hydrogens is 291 g/mol. The first-order valence-corrected chi connectivity index (χ1v) is 7.60. The summed E-state index contributed by atoms with van der Waals surface area (Å²) in [6, 6.07) is 0. The molecule has 2 bridgehead atoms. The average molecular weight is 302 g/mol. The lowest BCUT2D eigenvalue weighted by molar-refractivity contribution is 0.407. The third-order valence-electron chi connectivity index (χ3n) is 3.29. The Labute approximate surface area is 110 Å². The maximum absolute atomic E-state index is 12.1. The SMILES string of the molecule is C=C1C(S(=O)(=O)C(Cl)(Cl)Cl)[C@@H]2C=C[C@H]1CC2. The summed E-state index contributed by atoms with van der Waals surface area (Å²) in [5, 5.41) is -0.747. The lowest BCUT2D eigenvalue weighted by atomic mass is 9.73. The molecule has 3 atom stereocenters. The zero-order chi connectivity index (χ0) is 12.1. The molecule has 0 radical (unpaired) electrons. The molecule has 16 heavy (non-hydrogen) atoms. The molecule has 1 fully saturated rings. The predicted octanol–water partition coefficient (Wildman–Crippen LogP) is 3.25. The maximum Gasteiger partial charge on any atom is 0.293 e. The number of sulfone groups is 1. The average Bonchev–Trinajstić information content (AvgIpc) is 2.16. The van der Waals surface area contributed by atoms with Crippen LogP contribution in [0.15, 0.2) is 24.3 Å². The van der Waals surface area contributed by atoms with Gasteiger partial charge < -0.3 is 0 Å². The van der Waals surface area contributed by atoms with E-state index in [1.165, 1.54) is 0 Å². The summed E-state index contributed by atoms with van der Waals surface area (Å²) in [4.78, 5) is 0. The number of allylic oxidation sites excluding steroid dienone is 2. The molecule has 3 aliphatic carbocycles. The second-order valence-electron chi connectivity index (χ2n) is 4.22. The lowest BCUT2D eigenvalue weighted by Crippen LogP contribution is -2.44. The zero-order valence-electron chi connectivity index (χ0n) is 8.37. The van der Waals surface area contributed by atoms with Crippen molar-refractivity contribution in [2.24, 2.45) is 11.8 Å². The second-order valence-corrected chi connectivity index (χ2v) is 9.38. The van der Waals surface area contributed by atoms with Gasteiger partial charge in [0.05, 0.1) is 5.25 Å². The number of hydrogen-bond donors (Lipinski definition) is 0. The highest BCUT2D eigenvalue weighted by Crippen LogP contribution is 2.48. The van der Waals surface area contributed by atoms with E-state index in [9.17, 15) is 8.42 Å². The first-order chi connectivity index (χ1) is 7.25. The molecule has 0 aromatic rings. The molecule has 0 amide bonds. The summed E-state index contributed by atoms with van der Waals surface area (Å²) in [6.45, 7) is 3.85. The molecule has 1 unspecified atom stereocenters. The highest BCUT2D eigenvalue weighted by atomic mass is 35.6. The molecule has 0 spiro atoms. The van der Waals surface area contributed by atoms with Crippen LogP contribution in [0, 0.1) is 11.8 Å². The Bertz CT molecular complexity index is 447. The van der Waals surface area contributed by atoms with Crippen LogP contribution >= 0.6 is 34.8 Å². The van der Waals surface area contributed by atoms with Crippen molar-refractivity contribution in [3.8, 4) is 0 Å². The fraction of sp³-hybridized carbons (Fsp3) is 0.600. The van der Waals surface area contributed by atoms with Crippen molar-refractivity contribution in [1.29, 1.82) is 0 Å². The molecule has 0 aliphatic heterocycles.